The van der Waals surface area contributed by atoms with Crippen molar-refractivity contribution in [1.82, 2.24) is 24.3 Å². The van der Waals surface area contributed by atoms with Gasteiger partial charge >= 0.3 is 6.09 Å². The van der Waals surface area contributed by atoms with Gasteiger partial charge in [0.25, 0.3) is 5.91 Å². The van der Waals surface area contributed by atoms with Crippen LogP contribution in [-0.4, -0.2) is 74.6 Å². The van der Waals surface area contributed by atoms with E-state index in [-0.39, 0.29) is 24.5 Å². The van der Waals surface area contributed by atoms with E-state index >= 15 is 0 Å². The van der Waals surface area contributed by atoms with Gasteiger partial charge in [-0.1, -0.05) is 25.1 Å². The van der Waals surface area contributed by atoms with Gasteiger partial charge in [0.15, 0.2) is 5.82 Å². The Morgan fingerprint density at radius 1 is 1.19 bits per heavy atom. The molecule has 1 fully saturated rings. The number of alkyl carbamates (subject to hydrolysis) is 1. The van der Waals surface area contributed by atoms with E-state index in [4.69, 9.17) is 14.5 Å². The molecule has 2 atom stereocenters. The average Bonchev–Trinajstić information content (AvgIpc) is 3.48. The second kappa shape index (κ2) is 11.7. The summed E-state index contributed by atoms with van der Waals surface area (Å²) in [5.74, 6) is 1.23. The van der Waals surface area contributed by atoms with E-state index in [2.05, 4.69) is 28.1 Å². The van der Waals surface area contributed by atoms with Crippen LogP contribution in [-0.2, 0) is 18.3 Å². The topological polar surface area (TPSA) is 111 Å². The van der Waals surface area contributed by atoms with Gasteiger partial charge in [0.2, 0.25) is 0 Å². The van der Waals surface area contributed by atoms with Crippen molar-refractivity contribution in [2.24, 2.45) is 13.0 Å². The lowest BCUT2D eigenvalue weighted by Gasteiger charge is -2.33. The minimum Gasteiger partial charge on any atom is -0.494 e. The Hall–Kier alpha value is -4.05. The van der Waals surface area contributed by atoms with Crippen LogP contribution in [0.15, 0.2) is 42.5 Å². The molecule has 2 amide bonds. The Balaban J connectivity index is 1.48. The second-order valence-electron chi connectivity index (χ2n) is 12.3. The first-order valence-corrected chi connectivity index (χ1v) is 14.5. The number of hydrogen-bond donors (Lipinski definition) is 2. The van der Waals surface area contributed by atoms with E-state index in [0.717, 1.165) is 40.8 Å². The van der Waals surface area contributed by atoms with E-state index in [1.165, 1.54) is 0 Å². The largest absolute Gasteiger partial charge is 0.494 e. The lowest BCUT2D eigenvalue weighted by atomic mass is 10.0. The van der Waals surface area contributed by atoms with Gasteiger partial charge in [0.1, 0.15) is 16.9 Å². The summed E-state index contributed by atoms with van der Waals surface area (Å²) in [6.45, 7) is 9.20. The summed E-state index contributed by atoms with van der Waals surface area (Å²) in [7, 11) is 3.54. The summed E-state index contributed by atoms with van der Waals surface area (Å²) in [4.78, 5) is 32.8. The van der Waals surface area contributed by atoms with Crippen molar-refractivity contribution in [3.05, 3.63) is 48.0 Å². The number of aromatic nitrogens is 3. The van der Waals surface area contributed by atoms with E-state index in [0.29, 0.717) is 36.5 Å². The number of aryl methyl sites for hydroxylation is 1. The van der Waals surface area contributed by atoms with Gasteiger partial charge in [0, 0.05) is 55.8 Å². The zero-order valence-corrected chi connectivity index (χ0v) is 25.3. The number of imidazole rings is 1. The number of aliphatic hydroxyl groups is 1. The predicted molar refractivity (Wildman–Crippen MR) is 163 cm³/mol. The van der Waals surface area contributed by atoms with Crippen LogP contribution in [0, 0.1) is 5.92 Å². The molecule has 10 nitrogen and oxygen atoms in total. The molecule has 0 bridgehead atoms. The Morgan fingerprint density at radius 3 is 2.67 bits per heavy atom. The highest BCUT2D eigenvalue weighted by atomic mass is 16.6. The Bertz CT molecular complexity index is 1620. The molecule has 1 aliphatic heterocycles. The molecule has 2 aromatic heterocycles. The van der Waals surface area contributed by atoms with Gasteiger partial charge in [-0.25, -0.2) is 9.78 Å². The van der Waals surface area contributed by atoms with Gasteiger partial charge in [0.05, 0.1) is 18.3 Å². The normalized spacial score (nSPS) is 16.5. The Kier molecular flexibility index (Phi) is 8.19. The van der Waals surface area contributed by atoms with Crippen molar-refractivity contribution < 1.29 is 24.2 Å². The van der Waals surface area contributed by atoms with E-state index in [1.807, 2.05) is 57.5 Å². The van der Waals surface area contributed by atoms with Crippen LogP contribution in [0.4, 0.5) is 4.79 Å². The molecule has 5 rings (SSSR count). The fourth-order valence-electron chi connectivity index (χ4n) is 5.72. The third kappa shape index (κ3) is 5.94. The number of likely N-dealkylation sites (tertiary alicyclic amines) is 1. The fourth-order valence-corrected chi connectivity index (χ4v) is 5.72. The van der Waals surface area contributed by atoms with Crippen LogP contribution in [0.5, 0.6) is 5.75 Å². The molecule has 0 radical (unpaired) electrons. The first-order valence-electron chi connectivity index (χ1n) is 14.5. The third-order valence-corrected chi connectivity index (χ3v) is 7.68. The van der Waals surface area contributed by atoms with Crippen molar-refractivity contribution >= 4 is 33.9 Å². The number of ether oxygens (including phenoxy) is 2. The molecule has 4 aromatic rings. The van der Waals surface area contributed by atoms with E-state index in [1.54, 1.807) is 18.1 Å². The third-order valence-electron chi connectivity index (χ3n) is 7.68. The number of amides is 2. The number of methoxy groups -OCH3 is 1. The number of carbonyl (C=O) groups excluding carboxylic acids is 2. The highest BCUT2D eigenvalue weighted by Gasteiger charge is 2.29. The monoisotopic (exact) mass is 575 g/mol. The number of para-hydroxylation sites is 1. The maximum atomic E-state index is 13.7. The molecule has 2 N–H and O–H groups in total. The number of fused-ring (bicyclic) bond motifs is 2. The lowest BCUT2D eigenvalue weighted by molar-refractivity contribution is 0.0452. The molecule has 1 saturated heterocycles. The number of benzene rings is 2. The second-order valence-corrected chi connectivity index (χ2v) is 12.3. The predicted octanol–water partition coefficient (Wildman–Crippen LogP) is 4.96. The SMILES string of the molecule is COc1cc(C(=O)N2CCC[C@@H](NC(=O)OC(C)(C)C)C2)cc2nc(-c3cc4ccccc4n3C[C@H](C)CO)n(C)c12. The molecule has 3 heterocycles. The number of hydrogen-bond acceptors (Lipinski definition) is 6. The summed E-state index contributed by atoms with van der Waals surface area (Å²) in [6, 6.07) is 13.7. The molecule has 2 aromatic carbocycles. The zero-order valence-electron chi connectivity index (χ0n) is 25.3. The first-order chi connectivity index (χ1) is 20.0. The Morgan fingerprint density at radius 2 is 1.95 bits per heavy atom. The van der Waals surface area contributed by atoms with Gasteiger partial charge < -0.3 is 33.9 Å². The van der Waals surface area contributed by atoms with Crippen LogP contribution in [0.2, 0.25) is 0 Å². The highest BCUT2D eigenvalue weighted by molar-refractivity contribution is 6.00. The molecule has 0 spiro atoms. The number of rotatable bonds is 7. The smallest absolute Gasteiger partial charge is 0.407 e. The van der Waals surface area contributed by atoms with E-state index in [9.17, 15) is 14.7 Å². The summed E-state index contributed by atoms with van der Waals surface area (Å²) >= 11 is 0. The first kappa shape index (κ1) is 29.4. The van der Waals surface area contributed by atoms with Gasteiger partial charge in [-0.3, -0.25) is 4.79 Å². The molecule has 0 unspecified atom stereocenters. The van der Waals surface area contributed by atoms with Crippen LogP contribution in [0.25, 0.3) is 33.5 Å². The number of nitrogens with zero attached hydrogens (tertiary/aromatic N) is 4. The summed E-state index contributed by atoms with van der Waals surface area (Å²) in [5.41, 5.74) is 3.34. The molecular formula is C32H41N5O5. The van der Waals surface area contributed by atoms with Gasteiger partial charge in [-0.05, 0) is 63.8 Å². The van der Waals surface area contributed by atoms with Crippen LogP contribution in [0.1, 0.15) is 50.9 Å². The van der Waals surface area contributed by atoms with Crippen molar-refractivity contribution in [2.45, 2.75) is 58.7 Å². The summed E-state index contributed by atoms with van der Waals surface area (Å²) < 4.78 is 15.4. The molecule has 10 heteroatoms. The van der Waals surface area contributed by atoms with Crippen LogP contribution < -0.4 is 10.1 Å². The molecular weight excluding hydrogens is 534 g/mol. The highest BCUT2D eigenvalue weighted by Crippen LogP contribution is 2.35. The van der Waals surface area contributed by atoms with E-state index < -0.39 is 11.7 Å². The maximum Gasteiger partial charge on any atom is 0.407 e. The van der Waals surface area contributed by atoms with Crippen LogP contribution in [0.3, 0.4) is 0 Å². The minimum atomic E-state index is -0.590. The summed E-state index contributed by atoms with van der Waals surface area (Å²) in [6.07, 6.45) is 1.07. The standard InChI is InChI=1S/C32H41N5O5/c1-20(19-38)17-37-25-12-8-7-10-21(25)15-26(37)29-34-24-14-22(16-27(41-6)28(24)35(29)5)30(39)36-13-9-11-23(18-36)33-31(40)42-32(2,3)4/h7-8,10,12,14-16,20,23,38H,9,11,13,17-19H2,1-6H3,(H,33,40)/t20-,23+/m0/s1. The molecule has 224 valence electrons. The Labute approximate surface area is 246 Å². The van der Waals surface area contributed by atoms with Crippen LogP contribution >= 0.6 is 0 Å². The molecule has 1 aliphatic rings. The number of aliphatic hydroxyl groups excluding tert-OH is 1. The van der Waals surface area contributed by atoms with Gasteiger partial charge in [-0.2, -0.15) is 0 Å². The fraction of sp³-hybridized carbons (Fsp3) is 0.469. The number of carbonyl (C=O) groups is 2. The number of piperidine rings is 1. The molecule has 0 saturated carbocycles. The minimum absolute atomic E-state index is 0.0613. The summed E-state index contributed by atoms with van der Waals surface area (Å²) in [5, 5.41) is 13.8. The average molecular weight is 576 g/mol. The van der Waals surface area contributed by atoms with Crippen molar-refractivity contribution in [1.29, 1.82) is 0 Å². The van der Waals surface area contributed by atoms with Gasteiger partial charge in [-0.15, -0.1) is 0 Å². The van der Waals surface area contributed by atoms with Crippen molar-refractivity contribution in [3.8, 4) is 17.3 Å². The zero-order chi connectivity index (χ0) is 30.2. The quantitative estimate of drug-likeness (QED) is 0.322. The number of nitrogens with one attached hydrogen (secondary N) is 1. The lowest BCUT2D eigenvalue weighted by Crippen LogP contribution is -2.50. The van der Waals surface area contributed by atoms with Crippen molar-refractivity contribution in [3.63, 3.8) is 0 Å². The molecule has 0 aliphatic carbocycles. The maximum absolute atomic E-state index is 13.7. The molecule has 42 heavy (non-hydrogen) atoms. The van der Waals surface area contributed by atoms with Crippen molar-refractivity contribution in [2.75, 3.05) is 26.8 Å².